The maximum atomic E-state index is 12.3. The van der Waals surface area contributed by atoms with E-state index in [1.165, 1.54) is 0 Å². The van der Waals surface area contributed by atoms with E-state index in [1.54, 1.807) is 4.90 Å². The summed E-state index contributed by atoms with van der Waals surface area (Å²) in [5, 5.41) is 2.95. The highest BCUT2D eigenvalue weighted by molar-refractivity contribution is 5.93. The van der Waals surface area contributed by atoms with Crippen LogP contribution >= 0.6 is 0 Å². The van der Waals surface area contributed by atoms with Crippen LogP contribution < -0.4 is 19.7 Å². The van der Waals surface area contributed by atoms with Crippen LogP contribution in [0, 0.1) is 0 Å². The summed E-state index contributed by atoms with van der Waals surface area (Å²) in [7, 11) is 0. The van der Waals surface area contributed by atoms with Crippen LogP contribution in [0.1, 0.15) is 58.8 Å². The Bertz CT molecular complexity index is 603. The third-order valence-corrected chi connectivity index (χ3v) is 4.41. The highest BCUT2D eigenvalue weighted by Gasteiger charge is 2.19. The summed E-state index contributed by atoms with van der Waals surface area (Å²) >= 11 is 0. The minimum absolute atomic E-state index is 0.0764. The van der Waals surface area contributed by atoms with Crippen LogP contribution in [0.3, 0.4) is 0 Å². The van der Waals surface area contributed by atoms with E-state index in [4.69, 9.17) is 9.47 Å². The van der Waals surface area contributed by atoms with Gasteiger partial charge in [0.1, 0.15) is 0 Å². The van der Waals surface area contributed by atoms with Crippen LogP contribution in [0.2, 0.25) is 0 Å². The highest BCUT2D eigenvalue weighted by Crippen LogP contribution is 2.35. The second-order valence-corrected chi connectivity index (χ2v) is 6.45. The monoisotopic (exact) mass is 362 g/mol. The van der Waals surface area contributed by atoms with Gasteiger partial charge >= 0.3 is 0 Å². The number of fused-ring (bicyclic) bond motifs is 1. The quantitative estimate of drug-likeness (QED) is 0.610. The number of unbranched alkanes of at least 4 members (excludes halogenated alkanes) is 3. The fraction of sp³-hybridized carbons (Fsp3) is 0.600. The van der Waals surface area contributed by atoms with Gasteiger partial charge in [0.2, 0.25) is 18.6 Å². The summed E-state index contributed by atoms with van der Waals surface area (Å²) in [4.78, 5) is 25.8. The smallest absolute Gasteiger partial charge is 0.231 e. The molecule has 26 heavy (non-hydrogen) atoms. The van der Waals surface area contributed by atoms with Crippen molar-refractivity contribution in [1.82, 2.24) is 5.32 Å². The number of anilines is 1. The number of rotatable bonds is 11. The number of amides is 2. The van der Waals surface area contributed by atoms with Crippen molar-refractivity contribution in [3.8, 4) is 11.5 Å². The Balaban J connectivity index is 1.78. The van der Waals surface area contributed by atoms with Crippen molar-refractivity contribution in [2.24, 2.45) is 0 Å². The molecule has 0 unspecified atom stereocenters. The molecule has 0 radical (unpaired) electrons. The van der Waals surface area contributed by atoms with Crippen LogP contribution in [0.15, 0.2) is 18.2 Å². The number of hydrogen-bond acceptors (Lipinski definition) is 4. The molecule has 0 saturated carbocycles. The molecule has 0 saturated heterocycles. The number of hydrogen-bond donors (Lipinski definition) is 1. The molecule has 0 spiro atoms. The molecule has 2 rings (SSSR count). The summed E-state index contributed by atoms with van der Waals surface area (Å²) in [5.74, 6) is 1.59. The summed E-state index contributed by atoms with van der Waals surface area (Å²) in [6.45, 7) is 5.48. The Kier molecular flexibility index (Phi) is 8.25. The van der Waals surface area contributed by atoms with E-state index >= 15 is 0 Å². The maximum Gasteiger partial charge on any atom is 0.231 e. The number of benzene rings is 1. The van der Waals surface area contributed by atoms with Gasteiger partial charge in [-0.05, 0) is 31.4 Å². The number of nitrogens with zero attached hydrogens (tertiary/aromatic N) is 1. The van der Waals surface area contributed by atoms with Crippen molar-refractivity contribution in [1.29, 1.82) is 0 Å². The van der Waals surface area contributed by atoms with Gasteiger partial charge in [-0.15, -0.1) is 0 Å². The van der Waals surface area contributed by atoms with Gasteiger partial charge in [0, 0.05) is 37.7 Å². The van der Waals surface area contributed by atoms with Crippen molar-refractivity contribution in [2.45, 2.75) is 58.8 Å². The molecule has 1 N–H and O–H groups in total. The average molecular weight is 362 g/mol. The molecule has 1 aromatic carbocycles. The molecule has 1 aliphatic rings. The third kappa shape index (κ3) is 5.93. The van der Waals surface area contributed by atoms with Gasteiger partial charge in [-0.1, -0.05) is 26.7 Å². The lowest BCUT2D eigenvalue weighted by Crippen LogP contribution is -2.32. The Morgan fingerprint density at radius 2 is 1.88 bits per heavy atom. The first-order valence-electron chi connectivity index (χ1n) is 9.62. The van der Waals surface area contributed by atoms with E-state index in [0.717, 1.165) is 37.8 Å². The summed E-state index contributed by atoms with van der Waals surface area (Å²) < 4.78 is 10.7. The molecule has 6 nitrogen and oxygen atoms in total. The minimum atomic E-state index is 0.0764. The second kappa shape index (κ2) is 10.7. The number of carbonyl (C=O) groups excluding carboxylic acids is 2. The van der Waals surface area contributed by atoms with E-state index in [1.807, 2.05) is 25.1 Å². The van der Waals surface area contributed by atoms with Gasteiger partial charge in [0.05, 0.1) is 0 Å². The molecule has 0 atom stereocenters. The molecule has 2 amide bonds. The zero-order valence-corrected chi connectivity index (χ0v) is 15.9. The van der Waals surface area contributed by atoms with E-state index in [2.05, 4.69) is 12.2 Å². The van der Waals surface area contributed by atoms with Crippen LogP contribution in [0.5, 0.6) is 11.5 Å². The third-order valence-electron chi connectivity index (χ3n) is 4.41. The SMILES string of the molecule is CCCCCC(=O)NCCCCN(C(=O)CC)c1ccc2c(c1)OCO2. The van der Waals surface area contributed by atoms with Gasteiger partial charge in [0.25, 0.3) is 0 Å². The van der Waals surface area contributed by atoms with Crippen LogP contribution in [0.4, 0.5) is 5.69 Å². The average Bonchev–Trinajstić information content (AvgIpc) is 3.12. The van der Waals surface area contributed by atoms with Crippen LogP contribution in [-0.4, -0.2) is 31.7 Å². The molecule has 144 valence electrons. The van der Waals surface area contributed by atoms with E-state index < -0.39 is 0 Å². The highest BCUT2D eigenvalue weighted by atomic mass is 16.7. The molecule has 0 aromatic heterocycles. The van der Waals surface area contributed by atoms with Crippen molar-refractivity contribution in [3.63, 3.8) is 0 Å². The number of nitrogens with one attached hydrogen (secondary N) is 1. The predicted molar refractivity (Wildman–Crippen MR) is 102 cm³/mol. The molecule has 1 aromatic rings. The standard InChI is InChI=1S/C20H30N2O4/c1-3-5-6-9-19(23)21-12-7-8-13-22(20(24)4-2)16-10-11-17-18(14-16)26-15-25-17/h10-11,14H,3-9,12-13,15H2,1-2H3,(H,21,23). The predicted octanol–water partition coefficient (Wildman–Crippen LogP) is 3.64. The first-order chi connectivity index (χ1) is 12.7. The first-order valence-corrected chi connectivity index (χ1v) is 9.62. The molecular formula is C20H30N2O4. The van der Waals surface area contributed by atoms with E-state index in [9.17, 15) is 9.59 Å². The Morgan fingerprint density at radius 1 is 1.08 bits per heavy atom. The van der Waals surface area contributed by atoms with Gasteiger partial charge in [0.15, 0.2) is 11.5 Å². The van der Waals surface area contributed by atoms with E-state index in [0.29, 0.717) is 37.4 Å². The molecule has 0 bridgehead atoms. The van der Waals surface area contributed by atoms with Gasteiger partial charge in [-0.2, -0.15) is 0 Å². The summed E-state index contributed by atoms with van der Waals surface area (Å²) in [5.41, 5.74) is 0.824. The molecule has 0 fully saturated rings. The normalized spacial score (nSPS) is 12.1. The van der Waals surface area contributed by atoms with Crippen molar-refractivity contribution >= 4 is 17.5 Å². The summed E-state index contributed by atoms with van der Waals surface area (Å²) in [6, 6.07) is 5.58. The Hall–Kier alpha value is -2.24. The lowest BCUT2D eigenvalue weighted by molar-refractivity contribution is -0.121. The molecule has 1 heterocycles. The van der Waals surface area contributed by atoms with Crippen molar-refractivity contribution in [3.05, 3.63) is 18.2 Å². The largest absolute Gasteiger partial charge is 0.454 e. The van der Waals surface area contributed by atoms with Crippen LogP contribution in [0.25, 0.3) is 0 Å². The van der Waals surface area contributed by atoms with Gasteiger partial charge in [-0.3, -0.25) is 9.59 Å². The Morgan fingerprint density at radius 3 is 2.65 bits per heavy atom. The fourth-order valence-electron chi connectivity index (χ4n) is 2.89. The van der Waals surface area contributed by atoms with Gasteiger partial charge in [-0.25, -0.2) is 0 Å². The maximum absolute atomic E-state index is 12.3. The zero-order chi connectivity index (χ0) is 18.8. The van der Waals surface area contributed by atoms with Crippen LogP contribution in [-0.2, 0) is 9.59 Å². The fourth-order valence-corrected chi connectivity index (χ4v) is 2.89. The number of ether oxygens (including phenoxy) is 2. The zero-order valence-electron chi connectivity index (χ0n) is 15.9. The van der Waals surface area contributed by atoms with E-state index in [-0.39, 0.29) is 18.6 Å². The molecule has 1 aliphatic heterocycles. The summed E-state index contributed by atoms with van der Waals surface area (Å²) in [6.07, 6.45) is 5.89. The minimum Gasteiger partial charge on any atom is -0.454 e. The Labute approximate surface area is 155 Å². The molecule has 6 heteroatoms. The molecular weight excluding hydrogens is 332 g/mol. The molecule has 0 aliphatic carbocycles. The van der Waals surface area contributed by atoms with Crippen molar-refractivity contribution in [2.75, 3.05) is 24.8 Å². The second-order valence-electron chi connectivity index (χ2n) is 6.45. The topological polar surface area (TPSA) is 67.9 Å². The first kappa shape index (κ1) is 20.1. The van der Waals surface area contributed by atoms with Gasteiger partial charge < -0.3 is 19.7 Å². The van der Waals surface area contributed by atoms with Crippen molar-refractivity contribution < 1.29 is 19.1 Å². The number of carbonyl (C=O) groups is 2. The lowest BCUT2D eigenvalue weighted by Gasteiger charge is -2.22. The lowest BCUT2D eigenvalue weighted by atomic mass is 10.2.